The molecule has 2 aliphatic heterocycles. The Morgan fingerprint density at radius 3 is 2.33 bits per heavy atom. The van der Waals surface area contributed by atoms with Crippen LogP contribution < -0.4 is 0 Å². The van der Waals surface area contributed by atoms with E-state index in [1.54, 1.807) is 0 Å². The molecule has 1 aromatic rings. The first-order valence-corrected chi connectivity index (χ1v) is 8.55. The normalized spacial score (nSPS) is 24.9. The lowest BCUT2D eigenvalue weighted by atomic mass is 10.2. The molecule has 0 aliphatic carbocycles. The molecule has 0 atom stereocenters. The van der Waals surface area contributed by atoms with Crippen LogP contribution in [0.2, 0.25) is 0 Å². The van der Waals surface area contributed by atoms with E-state index in [1.807, 2.05) is 0 Å². The van der Waals surface area contributed by atoms with Gasteiger partial charge in [-0.05, 0) is 23.5 Å². The van der Waals surface area contributed by atoms with E-state index in [9.17, 15) is 0 Å². The molecule has 2 fully saturated rings. The van der Waals surface area contributed by atoms with Crippen molar-refractivity contribution >= 4 is 23.5 Å². The predicted molar refractivity (Wildman–Crippen MR) is 80.0 cm³/mol. The summed E-state index contributed by atoms with van der Waals surface area (Å²) in [6.45, 7) is 3.84. The lowest BCUT2D eigenvalue weighted by Crippen LogP contribution is -2.48. The average molecular weight is 281 g/mol. The summed E-state index contributed by atoms with van der Waals surface area (Å²) >= 11 is 4.21. The second kappa shape index (κ2) is 5.87. The van der Waals surface area contributed by atoms with Crippen molar-refractivity contribution in [2.24, 2.45) is 0 Å². The van der Waals surface area contributed by atoms with Crippen LogP contribution in [0.15, 0.2) is 30.3 Å². The van der Waals surface area contributed by atoms with Gasteiger partial charge in [-0.25, -0.2) is 0 Å². The number of hydrogen-bond acceptors (Lipinski definition) is 4. The molecule has 2 saturated heterocycles. The lowest BCUT2D eigenvalue weighted by Gasteiger charge is -2.46. The van der Waals surface area contributed by atoms with Crippen molar-refractivity contribution in [3.05, 3.63) is 35.9 Å². The summed E-state index contributed by atoms with van der Waals surface area (Å²) in [5, 5.41) is 0. The minimum atomic E-state index is 0.128. The molecule has 0 spiro atoms. The van der Waals surface area contributed by atoms with E-state index in [0.29, 0.717) is 0 Å². The van der Waals surface area contributed by atoms with Crippen LogP contribution in [-0.2, 0) is 8.94 Å². The molecule has 2 nitrogen and oxygen atoms in total. The maximum atomic E-state index is 5.51. The molecule has 0 radical (unpaired) electrons. The quantitative estimate of drug-likeness (QED) is 0.826. The molecule has 0 unspecified atom stereocenters. The minimum Gasteiger partial charge on any atom is -0.379 e. The van der Waals surface area contributed by atoms with Crippen LogP contribution in [0.25, 0.3) is 0 Å². The Bertz CT molecular complexity index is 373. The molecule has 2 aliphatic rings. The van der Waals surface area contributed by atoms with Crippen LogP contribution in [0.1, 0.15) is 12.0 Å². The zero-order valence-electron chi connectivity index (χ0n) is 10.5. The zero-order chi connectivity index (χ0) is 12.3. The summed E-state index contributed by atoms with van der Waals surface area (Å²) in [7, 11) is 0. The topological polar surface area (TPSA) is 12.5 Å². The van der Waals surface area contributed by atoms with Crippen LogP contribution in [-0.4, -0.2) is 42.7 Å². The van der Waals surface area contributed by atoms with Gasteiger partial charge in [0.05, 0.1) is 13.2 Å². The molecular weight excluding hydrogens is 262 g/mol. The summed E-state index contributed by atoms with van der Waals surface area (Å²) in [5.41, 5.74) is 1.45. The fourth-order valence-corrected chi connectivity index (χ4v) is 6.04. The van der Waals surface area contributed by atoms with Crippen molar-refractivity contribution < 1.29 is 4.74 Å². The van der Waals surface area contributed by atoms with Crippen LogP contribution in [0.3, 0.4) is 0 Å². The maximum absolute atomic E-state index is 5.51. The smallest absolute Gasteiger partial charge is 0.140 e. The van der Waals surface area contributed by atoms with Gasteiger partial charge in [0.15, 0.2) is 0 Å². The first kappa shape index (κ1) is 12.9. The fourth-order valence-electron chi connectivity index (χ4n) is 2.56. The largest absolute Gasteiger partial charge is 0.379 e. The standard InChI is InChI=1S/C14H19NOS2/c1-2-5-13(6-3-1)14(17-11-4-12-18-14)15-7-9-16-10-8-15/h1-3,5-6H,4,7-12H2. The van der Waals surface area contributed by atoms with Gasteiger partial charge < -0.3 is 4.74 Å². The van der Waals surface area contributed by atoms with Gasteiger partial charge in [-0.15, -0.1) is 23.5 Å². The van der Waals surface area contributed by atoms with E-state index in [2.05, 4.69) is 58.8 Å². The third-order valence-electron chi connectivity index (χ3n) is 3.45. The summed E-state index contributed by atoms with van der Waals surface area (Å²) in [4.78, 5) is 2.61. The Morgan fingerprint density at radius 2 is 1.67 bits per heavy atom. The second-order valence-electron chi connectivity index (χ2n) is 4.60. The van der Waals surface area contributed by atoms with Gasteiger partial charge in [0.1, 0.15) is 4.20 Å². The molecule has 18 heavy (non-hydrogen) atoms. The number of benzene rings is 1. The van der Waals surface area contributed by atoms with Gasteiger partial charge in [-0.3, -0.25) is 4.90 Å². The Balaban J connectivity index is 1.92. The first-order valence-electron chi connectivity index (χ1n) is 6.58. The molecule has 98 valence electrons. The highest BCUT2D eigenvalue weighted by atomic mass is 32.2. The summed E-state index contributed by atoms with van der Waals surface area (Å²) in [5.74, 6) is 2.53. The van der Waals surface area contributed by atoms with Gasteiger partial charge in [-0.2, -0.15) is 0 Å². The Morgan fingerprint density at radius 1 is 1.00 bits per heavy atom. The third-order valence-corrected chi connectivity index (χ3v) is 6.91. The fraction of sp³-hybridized carbons (Fsp3) is 0.571. The van der Waals surface area contributed by atoms with Gasteiger partial charge in [0, 0.05) is 13.1 Å². The SMILES string of the molecule is c1ccc(C2(N3CCOCC3)SCCCS2)cc1. The number of nitrogens with zero attached hydrogens (tertiary/aromatic N) is 1. The van der Waals surface area contributed by atoms with Crippen molar-refractivity contribution in [2.75, 3.05) is 37.8 Å². The number of hydrogen-bond donors (Lipinski definition) is 0. The highest BCUT2D eigenvalue weighted by molar-refractivity contribution is 8.18. The van der Waals surface area contributed by atoms with Crippen molar-refractivity contribution in [3.63, 3.8) is 0 Å². The van der Waals surface area contributed by atoms with Crippen LogP contribution in [0, 0.1) is 0 Å². The van der Waals surface area contributed by atoms with Crippen molar-refractivity contribution in [1.29, 1.82) is 0 Å². The lowest BCUT2D eigenvalue weighted by molar-refractivity contribution is 0.0258. The van der Waals surface area contributed by atoms with E-state index >= 15 is 0 Å². The Labute approximate surface area is 117 Å². The van der Waals surface area contributed by atoms with Gasteiger partial charge in [0.2, 0.25) is 0 Å². The number of morpholine rings is 1. The van der Waals surface area contributed by atoms with Crippen molar-refractivity contribution in [2.45, 2.75) is 10.6 Å². The molecular formula is C14H19NOS2. The Kier molecular flexibility index (Phi) is 4.19. The molecule has 4 heteroatoms. The molecule has 0 N–H and O–H groups in total. The second-order valence-corrected chi connectivity index (χ2v) is 7.43. The van der Waals surface area contributed by atoms with E-state index < -0.39 is 0 Å². The molecule has 0 saturated carbocycles. The van der Waals surface area contributed by atoms with Gasteiger partial charge in [0.25, 0.3) is 0 Å². The summed E-state index contributed by atoms with van der Waals surface area (Å²) in [6, 6.07) is 11.0. The third kappa shape index (κ3) is 2.44. The monoisotopic (exact) mass is 281 g/mol. The summed E-state index contributed by atoms with van der Waals surface area (Å²) in [6.07, 6.45) is 1.33. The molecule has 1 aromatic carbocycles. The van der Waals surface area contributed by atoms with E-state index in [0.717, 1.165) is 26.3 Å². The molecule has 0 bridgehead atoms. The van der Waals surface area contributed by atoms with Crippen LogP contribution >= 0.6 is 23.5 Å². The van der Waals surface area contributed by atoms with E-state index in [4.69, 9.17) is 4.74 Å². The molecule has 3 rings (SSSR count). The zero-order valence-corrected chi connectivity index (χ0v) is 12.1. The Hall–Kier alpha value is -0.160. The predicted octanol–water partition coefficient (Wildman–Crippen LogP) is 3.00. The molecule has 0 aromatic heterocycles. The number of rotatable bonds is 2. The van der Waals surface area contributed by atoms with Crippen LogP contribution in [0.5, 0.6) is 0 Å². The first-order chi connectivity index (χ1) is 8.92. The number of ether oxygens (including phenoxy) is 1. The van der Waals surface area contributed by atoms with Crippen molar-refractivity contribution in [1.82, 2.24) is 4.90 Å². The van der Waals surface area contributed by atoms with E-state index in [1.165, 1.54) is 23.5 Å². The summed E-state index contributed by atoms with van der Waals surface area (Å²) < 4.78 is 5.64. The average Bonchev–Trinajstić information content (AvgIpc) is 2.50. The molecule has 2 heterocycles. The van der Waals surface area contributed by atoms with Gasteiger partial charge in [-0.1, -0.05) is 30.3 Å². The highest BCUT2D eigenvalue weighted by Gasteiger charge is 2.41. The maximum Gasteiger partial charge on any atom is 0.140 e. The van der Waals surface area contributed by atoms with Gasteiger partial charge >= 0.3 is 0 Å². The van der Waals surface area contributed by atoms with Crippen LogP contribution in [0.4, 0.5) is 0 Å². The highest BCUT2D eigenvalue weighted by Crippen LogP contribution is 2.52. The minimum absolute atomic E-state index is 0.128. The molecule has 0 amide bonds. The van der Waals surface area contributed by atoms with E-state index in [-0.39, 0.29) is 4.20 Å². The van der Waals surface area contributed by atoms with Crippen molar-refractivity contribution in [3.8, 4) is 0 Å². The number of thioether (sulfide) groups is 2.